The minimum Gasteiger partial charge on any atom is -0.461 e. The number of esters is 2. The second-order valence-corrected chi connectivity index (χ2v) is 9.44. The lowest BCUT2D eigenvalue weighted by atomic mass is 9.87. The molecule has 0 aromatic heterocycles. The van der Waals surface area contributed by atoms with E-state index in [-0.39, 0.29) is 29.7 Å². The second kappa shape index (κ2) is 12.5. The average Bonchev–Trinajstić information content (AvgIpc) is 2.75. The molecule has 1 aromatic rings. The van der Waals surface area contributed by atoms with E-state index >= 15 is 0 Å². The van der Waals surface area contributed by atoms with Gasteiger partial charge in [0.25, 0.3) is 10.1 Å². The van der Waals surface area contributed by atoms with Gasteiger partial charge in [0.05, 0.1) is 10.8 Å². The fourth-order valence-electron chi connectivity index (χ4n) is 3.41. The Labute approximate surface area is 188 Å². The minimum atomic E-state index is -4.06. The maximum Gasteiger partial charge on any atom is 0.325 e. The molecule has 1 saturated heterocycles. The molecule has 0 aliphatic carbocycles. The average molecular weight is 470 g/mol. The van der Waals surface area contributed by atoms with Crippen molar-refractivity contribution >= 4 is 28.5 Å². The number of rotatable bonds is 15. The molecule has 9 nitrogen and oxygen atoms in total. The fraction of sp³-hybridized carbons (Fsp3) is 0.591. The maximum atomic E-state index is 12.5. The van der Waals surface area contributed by atoms with E-state index in [0.717, 1.165) is 31.2 Å². The van der Waals surface area contributed by atoms with Gasteiger partial charge in [-0.15, -0.1) is 0 Å². The predicted octanol–water partition coefficient (Wildman–Crippen LogP) is 2.26. The lowest BCUT2D eigenvalue weighted by molar-refractivity contribution is -0.190. The zero-order chi connectivity index (χ0) is 23.6. The summed E-state index contributed by atoms with van der Waals surface area (Å²) in [6.45, 7) is 3.14. The highest BCUT2D eigenvalue weighted by molar-refractivity contribution is 7.86. The summed E-state index contributed by atoms with van der Waals surface area (Å²) in [7, 11) is -4.06. The van der Waals surface area contributed by atoms with E-state index in [1.54, 1.807) is 12.1 Å². The molecule has 178 valence electrons. The predicted molar refractivity (Wildman–Crippen MR) is 115 cm³/mol. The summed E-state index contributed by atoms with van der Waals surface area (Å²) in [6, 6.07) is 6.16. The summed E-state index contributed by atoms with van der Waals surface area (Å²) >= 11 is 0. The molecular formula is C22H31NO8S. The monoisotopic (exact) mass is 469 g/mol. The fourth-order valence-corrected chi connectivity index (χ4v) is 4.34. The summed E-state index contributed by atoms with van der Waals surface area (Å²) in [5.41, 5.74) is 0.898. The maximum absolute atomic E-state index is 12.5. The number of cyclic esters (lactones) is 1. The van der Waals surface area contributed by atoms with Crippen LogP contribution in [0.25, 0.3) is 0 Å². The Morgan fingerprint density at radius 2 is 1.94 bits per heavy atom. The molecule has 0 spiro atoms. The van der Waals surface area contributed by atoms with E-state index in [2.05, 4.69) is 12.2 Å². The third-order valence-electron chi connectivity index (χ3n) is 5.23. The number of benzene rings is 1. The second-order valence-electron chi connectivity index (χ2n) is 7.83. The summed E-state index contributed by atoms with van der Waals surface area (Å²) in [6.07, 6.45) is 3.75. The van der Waals surface area contributed by atoms with E-state index < -0.39 is 34.9 Å². The number of hydrogen-bond donors (Lipinski definition) is 1. The van der Waals surface area contributed by atoms with Gasteiger partial charge in [-0.1, -0.05) is 50.3 Å². The zero-order valence-corrected chi connectivity index (χ0v) is 19.3. The van der Waals surface area contributed by atoms with Crippen molar-refractivity contribution in [3.8, 4) is 0 Å². The Bertz CT molecular complexity index is 868. The molecular weight excluding hydrogens is 438 g/mol. The van der Waals surface area contributed by atoms with E-state index in [4.69, 9.17) is 13.7 Å². The van der Waals surface area contributed by atoms with Gasteiger partial charge in [0.15, 0.2) is 0 Å². The van der Waals surface area contributed by atoms with Gasteiger partial charge in [-0.05, 0) is 25.5 Å². The summed E-state index contributed by atoms with van der Waals surface area (Å²) in [4.78, 5) is 34.2. The first-order valence-electron chi connectivity index (χ1n) is 10.8. The molecule has 1 aliphatic rings. The van der Waals surface area contributed by atoms with Crippen molar-refractivity contribution in [2.75, 3.05) is 13.2 Å². The number of aryl methyl sites for hydroxylation is 1. The van der Waals surface area contributed by atoms with E-state index in [1.807, 2.05) is 6.92 Å². The Balaban J connectivity index is 2.00. The number of ether oxygens (including phenoxy) is 2. The van der Waals surface area contributed by atoms with Gasteiger partial charge in [0.1, 0.15) is 25.4 Å². The quantitative estimate of drug-likeness (QED) is 0.179. The Hall–Kier alpha value is -2.46. The van der Waals surface area contributed by atoms with Crippen molar-refractivity contribution in [3.05, 3.63) is 29.8 Å². The molecule has 2 rings (SSSR count). The summed E-state index contributed by atoms with van der Waals surface area (Å²) in [5.74, 6) is -1.36. The van der Waals surface area contributed by atoms with Gasteiger partial charge < -0.3 is 14.8 Å². The number of amides is 1. The molecule has 0 saturated carbocycles. The van der Waals surface area contributed by atoms with Crippen molar-refractivity contribution in [2.24, 2.45) is 5.92 Å². The molecule has 1 aliphatic heterocycles. The van der Waals surface area contributed by atoms with E-state index in [1.165, 1.54) is 12.1 Å². The van der Waals surface area contributed by atoms with Crippen molar-refractivity contribution in [2.45, 2.75) is 69.5 Å². The first kappa shape index (κ1) is 25.8. The molecule has 1 amide bonds. The van der Waals surface area contributed by atoms with Crippen molar-refractivity contribution in [1.82, 2.24) is 5.32 Å². The summed E-state index contributed by atoms with van der Waals surface area (Å²) in [5, 5.41) is 2.19. The van der Waals surface area contributed by atoms with Crippen LogP contribution in [0.4, 0.5) is 0 Å². The van der Waals surface area contributed by atoms with Crippen LogP contribution in [-0.2, 0) is 38.2 Å². The number of nitrogens with one attached hydrogen (secondary N) is 1. The van der Waals surface area contributed by atoms with Crippen LogP contribution in [0.1, 0.15) is 51.0 Å². The molecule has 1 fully saturated rings. The standard InChI is InChI=1S/C22H31NO8S/c1-3-4-5-6-7-19-20(31-22(19)26)12-17(30-21(25)13-23-15-24)14-29-32(27,28)18-10-8-16(2)9-11-18/h8-11,15,17,19-20H,3-7,12-14H2,1-2H3,(H,23,24)/t17-,19-,20-/m0/s1. The normalized spacial score (nSPS) is 18.9. The largest absolute Gasteiger partial charge is 0.461 e. The van der Waals surface area contributed by atoms with Crippen LogP contribution in [-0.4, -0.2) is 52.1 Å². The molecule has 0 radical (unpaired) electrons. The molecule has 1 N–H and O–H groups in total. The number of hydrogen-bond acceptors (Lipinski definition) is 8. The molecule has 1 aromatic carbocycles. The molecule has 0 bridgehead atoms. The van der Waals surface area contributed by atoms with Gasteiger partial charge in [-0.3, -0.25) is 18.6 Å². The number of unbranched alkanes of at least 4 members (excludes halogenated alkanes) is 3. The highest BCUT2D eigenvalue weighted by Gasteiger charge is 2.43. The molecule has 32 heavy (non-hydrogen) atoms. The van der Waals surface area contributed by atoms with Crippen molar-refractivity contribution in [3.63, 3.8) is 0 Å². The number of carbonyl (C=O) groups is 3. The Kier molecular flexibility index (Phi) is 10.1. The highest BCUT2D eigenvalue weighted by Crippen LogP contribution is 2.32. The van der Waals surface area contributed by atoms with Gasteiger partial charge in [0, 0.05) is 6.42 Å². The summed E-state index contributed by atoms with van der Waals surface area (Å²) < 4.78 is 40.6. The third-order valence-corrected chi connectivity index (χ3v) is 6.53. The smallest absolute Gasteiger partial charge is 0.325 e. The molecule has 10 heteroatoms. The highest BCUT2D eigenvalue weighted by atomic mass is 32.2. The van der Waals surface area contributed by atoms with Crippen LogP contribution in [0.5, 0.6) is 0 Å². The Morgan fingerprint density at radius 1 is 1.22 bits per heavy atom. The van der Waals surface area contributed by atoms with Crippen LogP contribution < -0.4 is 5.32 Å². The van der Waals surface area contributed by atoms with Crippen LogP contribution >= 0.6 is 0 Å². The Morgan fingerprint density at radius 3 is 2.56 bits per heavy atom. The lowest BCUT2D eigenvalue weighted by Crippen LogP contribution is -2.48. The topological polar surface area (TPSA) is 125 Å². The van der Waals surface area contributed by atoms with E-state index in [9.17, 15) is 22.8 Å². The molecule has 0 unspecified atom stereocenters. The van der Waals surface area contributed by atoms with Crippen molar-refractivity contribution < 1.29 is 36.5 Å². The van der Waals surface area contributed by atoms with Gasteiger partial charge in [-0.2, -0.15) is 8.42 Å². The van der Waals surface area contributed by atoms with Gasteiger partial charge >= 0.3 is 11.9 Å². The van der Waals surface area contributed by atoms with E-state index in [0.29, 0.717) is 12.8 Å². The molecule has 3 atom stereocenters. The lowest BCUT2D eigenvalue weighted by Gasteiger charge is -2.37. The van der Waals surface area contributed by atoms with Crippen LogP contribution in [0, 0.1) is 12.8 Å². The molecule has 1 heterocycles. The third kappa shape index (κ3) is 7.90. The van der Waals surface area contributed by atoms with Crippen molar-refractivity contribution in [1.29, 1.82) is 0 Å². The van der Waals surface area contributed by atoms with Crippen LogP contribution in [0.15, 0.2) is 29.2 Å². The number of carbonyl (C=O) groups excluding carboxylic acids is 3. The van der Waals surface area contributed by atoms with Crippen LogP contribution in [0.3, 0.4) is 0 Å². The SMILES string of the molecule is CCCCCC[C@@H]1C(=O)O[C@H]1C[C@@H](COS(=O)(=O)c1ccc(C)cc1)OC(=O)CNC=O. The van der Waals surface area contributed by atoms with Crippen LogP contribution in [0.2, 0.25) is 0 Å². The first-order chi connectivity index (χ1) is 15.3. The zero-order valence-electron chi connectivity index (χ0n) is 18.4. The minimum absolute atomic E-state index is 0.0142. The first-order valence-corrected chi connectivity index (χ1v) is 12.2. The van der Waals surface area contributed by atoms with Gasteiger partial charge in [-0.25, -0.2) is 0 Å². The van der Waals surface area contributed by atoms with Gasteiger partial charge in [0.2, 0.25) is 6.41 Å².